The maximum absolute atomic E-state index is 2.72. The van der Waals surface area contributed by atoms with Crippen molar-refractivity contribution in [3.05, 3.63) is 328 Å². The molecule has 0 aliphatic carbocycles. The number of para-hydroxylation sites is 8. The standard InChI is InChI=1S/C82H54B2N6Se2/c1-9-29-55(30-10-1)85(56-31-11-2-12-32-56)63-49-71-77-73(51-63)89(61-41-21-7-22-42-61)79-65-45-25-27-47-75(65)91-81(79)83(77)67-53-68-70(54-69(67)87(71)59-37-17-5-18-38-59)88(60-39-19-6-20-40-60)72-50-64(86(57-33-13-3-14-34-57)58-35-15-4-16-36-58)52-74-78(72)84(68)82-80(66-46-26-28-48-76(66)92-82)90(74)62-43-23-8-24-44-62/h1-54H. The minimum absolute atomic E-state index is 0.0119. The molecule has 19 rings (SSSR count). The second-order valence-corrected chi connectivity index (χ2v) is 28.5. The summed E-state index contributed by atoms with van der Waals surface area (Å²) in [5.41, 5.74) is 26.0. The molecule has 0 saturated heterocycles. The van der Waals surface area contributed by atoms with E-state index in [0.717, 1.165) is 56.9 Å². The first-order valence-electron chi connectivity index (χ1n) is 31.5. The molecule has 92 heavy (non-hydrogen) atoms. The second-order valence-electron chi connectivity index (χ2n) is 24.0. The predicted octanol–water partition coefficient (Wildman–Crippen LogP) is 17.2. The van der Waals surface area contributed by atoms with E-state index in [1.807, 2.05) is 0 Å². The van der Waals surface area contributed by atoms with E-state index in [2.05, 4.69) is 357 Å². The van der Waals surface area contributed by atoms with Gasteiger partial charge in [-0.05, 0) is 0 Å². The summed E-state index contributed by atoms with van der Waals surface area (Å²) in [4.78, 5) is 15.4. The van der Waals surface area contributed by atoms with Crippen LogP contribution in [0.15, 0.2) is 328 Å². The molecule has 15 aromatic rings. The SMILES string of the molecule is c1ccc(N(c2ccccc2)c2cc3c4c(c2)N(c2ccccc2)c2c([se]c5ccccc25)B4c2cc4c(cc2N3c2ccccc2)N(c2ccccc2)c2cc(N(c3ccccc3)c3ccccc3)cc3c2B4c2[se]c4ccccc4c2N3c2ccccc2)cc1. The first kappa shape index (κ1) is 53.2. The number of nitrogens with zero attached hydrogens (tertiary/aromatic N) is 6. The van der Waals surface area contributed by atoms with Crippen LogP contribution in [0.25, 0.3) is 19.3 Å². The first-order valence-corrected chi connectivity index (χ1v) is 34.9. The van der Waals surface area contributed by atoms with Crippen LogP contribution in [0.1, 0.15) is 0 Å². The molecule has 0 N–H and O–H groups in total. The monoisotopic (exact) mass is 1300 g/mol. The van der Waals surface area contributed by atoms with Crippen molar-refractivity contribution >= 4 is 195 Å². The van der Waals surface area contributed by atoms with Crippen molar-refractivity contribution in [2.45, 2.75) is 0 Å². The van der Waals surface area contributed by atoms with Gasteiger partial charge >= 0.3 is 552 Å². The van der Waals surface area contributed by atoms with E-state index < -0.39 is 0 Å². The van der Waals surface area contributed by atoms with Crippen molar-refractivity contribution in [2.24, 2.45) is 0 Å². The van der Waals surface area contributed by atoms with Gasteiger partial charge in [0.1, 0.15) is 0 Å². The van der Waals surface area contributed by atoms with Crippen LogP contribution in [0.5, 0.6) is 0 Å². The molecular formula is C82H54B2N6Se2. The van der Waals surface area contributed by atoms with E-state index >= 15 is 0 Å². The van der Waals surface area contributed by atoms with E-state index in [-0.39, 0.29) is 42.4 Å². The third-order valence-corrected chi connectivity index (χ3v) is 24.0. The molecule has 0 amide bonds. The van der Waals surface area contributed by atoms with Gasteiger partial charge in [0.05, 0.1) is 0 Å². The van der Waals surface area contributed by atoms with Gasteiger partial charge in [-0.15, -0.1) is 0 Å². The molecule has 4 aliphatic rings. The summed E-state index contributed by atoms with van der Waals surface area (Å²) in [6.45, 7) is -0.164. The summed E-state index contributed by atoms with van der Waals surface area (Å²) in [5.74, 6) is 0. The van der Waals surface area contributed by atoms with E-state index in [9.17, 15) is 0 Å². The zero-order valence-electron chi connectivity index (χ0n) is 49.8. The fourth-order valence-electron chi connectivity index (χ4n) is 15.2. The molecule has 4 aliphatic heterocycles. The summed E-state index contributed by atoms with van der Waals surface area (Å²) >= 11 is -0.0238. The Morgan fingerprint density at radius 3 is 0.837 bits per heavy atom. The van der Waals surface area contributed by atoms with Crippen LogP contribution < -0.4 is 59.9 Å². The molecular weight excluding hydrogens is 1250 g/mol. The topological polar surface area (TPSA) is 19.4 Å². The van der Waals surface area contributed by atoms with Crippen LogP contribution in [0.2, 0.25) is 0 Å². The molecule has 430 valence electrons. The Kier molecular flexibility index (Phi) is 12.4. The number of hydrogen-bond donors (Lipinski definition) is 0. The third-order valence-electron chi connectivity index (χ3n) is 18.9. The summed E-state index contributed by atoms with van der Waals surface area (Å²) in [7, 11) is 0. The van der Waals surface area contributed by atoms with Crippen LogP contribution in [-0.2, 0) is 0 Å². The Balaban J connectivity index is 0.960. The van der Waals surface area contributed by atoms with E-state index in [0.29, 0.717) is 0 Å². The van der Waals surface area contributed by atoms with Crippen LogP contribution in [-0.4, -0.2) is 42.4 Å². The summed E-state index contributed by atoms with van der Waals surface area (Å²) in [6.07, 6.45) is 0. The van der Waals surface area contributed by atoms with Gasteiger partial charge in [-0.25, -0.2) is 0 Å². The van der Waals surface area contributed by atoms with Crippen molar-refractivity contribution in [3.8, 4) is 0 Å². The molecule has 6 nitrogen and oxygen atoms in total. The molecule has 6 heterocycles. The van der Waals surface area contributed by atoms with Crippen molar-refractivity contribution in [2.75, 3.05) is 29.4 Å². The molecule has 13 aromatic carbocycles. The van der Waals surface area contributed by atoms with Gasteiger partial charge in [0.25, 0.3) is 0 Å². The molecule has 0 atom stereocenters. The summed E-state index contributed by atoms with van der Waals surface area (Å²) < 4.78 is 5.81. The Labute approximate surface area is 547 Å². The van der Waals surface area contributed by atoms with Gasteiger partial charge in [0.15, 0.2) is 0 Å². The molecule has 0 bridgehead atoms. The van der Waals surface area contributed by atoms with Crippen LogP contribution in [0.4, 0.5) is 102 Å². The van der Waals surface area contributed by atoms with E-state index in [1.54, 1.807) is 0 Å². The predicted molar refractivity (Wildman–Crippen MR) is 393 cm³/mol. The average molecular weight is 1300 g/mol. The molecule has 10 heteroatoms. The van der Waals surface area contributed by atoms with Gasteiger partial charge in [-0.1, -0.05) is 0 Å². The average Bonchev–Trinajstić information content (AvgIpc) is 1.16. The first-order chi connectivity index (χ1) is 45.7. The van der Waals surface area contributed by atoms with E-state index in [1.165, 1.54) is 95.3 Å². The van der Waals surface area contributed by atoms with Crippen molar-refractivity contribution in [1.29, 1.82) is 0 Å². The Morgan fingerprint density at radius 1 is 0.239 bits per heavy atom. The third kappa shape index (κ3) is 8.22. The molecule has 0 unspecified atom stereocenters. The fourth-order valence-corrected chi connectivity index (χ4v) is 20.7. The van der Waals surface area contributed by atoms with Gasteiger partial charge in [-0.2, -0.15) is 0 Å². The van der Waals surface area contributed by atoms with Crippen LogP contribution in [0, 0.1) is 0 Å². The molecule has 2 aromatic heterocycles. The Hall–Kier alpha value is -10.7. The van der Waals surface area contributed by atoms with Gasteiger partial charge in [0.2, 0.25) is 0 Å². The Bertz CT molecular complexity index is 4920. The molecule has 0 fully saturated rings. The Morgan fingerprint density at radius 2 is 0.511 bits per heavy atom. The summed E-state index contributed by atoms with van der Waals surface area (Å²) in [5, 5.41) is 2.63. The van der Waals surface area contributed by atoms with E-state index in [4.69, 9.17) is 0 Å². The number of hydrogen-bond acceptors (Lipinski definition) is 6. The zero-order chi connectivity index (χ0) is 60.4. The number of benzene rings is 13. The maximum atomic E-state index is 2.72. The zero-order valence-corrected chi connectivity index (χ0v) is 53.3. The van der Waals surface area contributed by atoms with Gasteiger partial charge in [0, 0.05) is 0 Å². The number of fused-ring (bicyclic) bond motifs is 12. The molecule has 0 radical (unpaired) electrons. The second kappa shape index (κ2) is 21.5. The molecule has 0 saturated carbocycles. The van der Waals surface area contributed by atoms with Crippen LogP contribution >= 0.6 is 0 Å². The fraction of sp³-hybridized carbons (Fsp3) is 0. The summed E-state index contributed by atoms with van der Waals surface area (Å²) in [6, 6.07) is 122. The number of anilines is 18. The molecule has 0 spiro atoms. The van der Waals surface area contributed by atoms with Crippen molar-refractivity contribution in [3.63, 3.8) is 0 Å². The van der Waals surface area contributed by atoms with Gasteiger partial charge in [-0.3, -0.25) is 0 Å². The normalized spacial score (nSPS) is 13.1. The number of rotatable bonds is 10. The minimum atomic E-state index is -0.0820. The van der Waals surface area contributed by atoms with Crippen LogP contribution in [0.3, 0.4) is 0 Å². The quantitative estimate of drug-likeness (QED) is 0.126. The van der Waals surface area contributed by atoms with Crippen molar-refractivity contribution < 1.29 is 0 Å². The van der Waals surface area contributed by atoms with Gasteiger partial charge < -0.3 is 0 Å². The van der Waals surface area contributed by atoms with Crippen molar-refractivity contribution in [1.82, 2.24) is 0 Å².